The van der Waals surface area contributed by atoms with Crippen molar-refractivity contribution in [3.63, 3.8) is 0 Å². The summed E-state index contributed by atoms with van der Waals surface area (Å²) in [5.41, 5.74) is 4.53. The number of anilines is 5. The first-order valence-corrected chi connectivity index (χ1v) is 10.9. The number of nitrogens with one attached hydrogen (secondary N) is 3. The second-order valence-corrected chi connectivity index (χ2v) is 7.77. The summed E-state index contributed by atoms with van der Waals surface area (Å²) in [6.45, 7) is 0. The Hall–Kier alpha value is -5.38. The summed E-state index contributed by atoms with van der Waals surface area (Å²) in [6, 6.07) is 20.6. The predicted octanol–water partition coefficient (Wildman–Crippen LogP) is 5.67. The average Bonchev–Trinajstić information content (AvgIpc) is 2.91. The number of non-ortho nitro benzene ring substituents is 1. The van der Waals surface area contributed by atoms with Crippen molar-refractivity contribution in [3.8, 4) is 0 Å². The first-order valence-electron chi connectivity index (χ1n) is 10.9. The monoisotopic (exact) mass is 477 g/mol. The smallest absolute Gasteiger partial charge is 0.274 e. The van der Waals surface area contributed by atoms with Gasteiger partial charge in [-0.15, -0.1) is 0 Å². The van der Waals surface area contributed by atoms with Crippen LogP contribution < -0.4 is 16.0 Å². The molecule has 0 aliphatic heterocycles. The van der Waals surface area contributed by atoms with Crippen LogP contribution in [0, 0.1) is 10.1 Å². The van der Waals surface area contributed by atoms with Gasteiger partial charge in [-0.25, -0.2) is 4.98 Å². The van der Waals surface area contributed by atoms with E-state index in [4.69, 9.17) is 0 Å². The molecule has 0 bridgehead atoms. The number of aromatic nitrogens is 3. The molecule has 0 fully saturated rings. The second-order valence-electron chi connectivity index (χ2n) is 7.77. The Morgan fingerprint density at radius 3 is 2.19 bits per heavy atom. The van der Waals surface area contributed by atoms with E-state index in [2.05, 4.69) is 30.9 Å². The van der Waals surface area contributed by atoms with Crippen molar-refractivity contribution in [2.45, 2.75) is 0 Å². The van der Waals surface area contributed by atoms with Gasteiger partial charge in [0.25, 0.3) is 11.6 Å². The zero-order valence-corrected chi connectivity index (χ0v) is 18.8. The SMILES string of the molecule is O=C(Nc1ccc(Nc2ccncc2)cc1)c1ccc(Nc2ccnc3ccc([N+](=O)[O-])cc23)cn1. The lowest BCUT2D eigenvalue weighted by Crippen LogP contribution is -2.13. The van der Waals surface area contributed by atoms with Gasteiger partial charge in [-0.2, -0.15) is 0 Å². The van der Waals surface area contributed by atoms with E-state index in [0.717, 1.165) is 11.4 Å². The first-order chi connectivity index (χ1) is 17.5. The van der Waals surface area contributed by atoms with Crippen LogP contribution in [0.3, 0.4) is 0 Å². The Balaban J connectivity index is 1.25. The van der Waals surface area contributed by atoms with Gasteiger partial charge in [0, 0.05) is 58.9 Å². The van der Waals surface area contributed by atoms with Crippen LogP contribution >= 0.6 is 0 Å². The van der Waals surface area contributed by atoms with Crippen molar-refractivity contribution in [3.05, 3.63) is 113 Å². The maximum Gasteiger partial charge on any atom is 0.274 e. The van der Waals surface area contributed by atoms with Crippen molar-refractivity contribution >= 4 is 50.9 Å². The van der Waals surface area contributed by atoms with Crippen LogP contribution in [0.25, 0.3) is 10.9 Å². The topological polar surface area (TPSA) is 135 Å². The summed E-state index contributed by atoms with van der Waals surface area (Å²) >= 11 is 0. The zero-order chi connectivity index (χ0) is 24.9. The standard InChI is InChI=1S/C26H19N7O3/c34-26(32-18-3-1-17(2-4-18)30-19-9-12-27-13-10-19)25-7-5-20(16-29-25)31-24-11-14-28-23-8-6-21(33(35)36)15-22(23)24/h1-16H,(H,27,30)(H,28,31)(H,32,34). The van der Waals surface area contributed by atoms with Gasteiger partial charge >= 0.3 is 0 Å². The zero-order valence-electron chi connectivity index (χ0n) is 18.8. The molecule has 10 heteroatoms. The summed E-state index contributed by atoms with van der Waals surface area (Å²) in [5, 5.41) is 21.0. The van der Waals surface area contributed by atoms with Gasteiger partial charge in [0.2, 0.25) is 0 Å². The number of amides is 1. The van der Waals surface area contributed by atoms with Gasteiger partial charge in [0.15, 0.2) is 0 Å². The molecule has 176 valence electrons. The molecule has 10 nitrogen and oxygen atoms in total. The van der Waals surface area contributed by atoms with Crippen LogP contribution in [0.1, 0.15) is 10.5 Å². The lowest BCUT2D eigenvalue weighted by atomic mass is 10.1. The van der Waals surface area contributed by atoms with Crippen molar-refractivity contribution in [2.75, 3.05) is 16.0 Å². The number of carbonyl (C=O) groups excluding carboxylic acids is 1. The third-order valence-electron chi connectivity index (χ3n) is 5.32. The van der Waals surface area contributed by atoms with Crippen LogP contribution in [0.15, 0.2) is 97.6 Å². The highest BCUT2D eigenvalue weighted by Gasteiger charge is 2.11. The molecule has 0 aliphatic carbocycles. The summed E-state index contributed by atoms with van der Waals surface area (Å²) in [4.78, 5) is 35.8. The number of rotatable bonds is 7. The molecule has 36 heavy (non-hydrogen) atoms. The molecule has 0 spiro atoms. The number of carbonyl (C=O) groups is 1. The number of hydrogen-bond acceptors (Lipinski definition) is 8. The highest BCUT2D eigenvalue weighted by atomic mass is 16.6. The molecule has 0 radical (unpaired) electrons. The molecule has 3 heterocycles. The molecule has 3 aromatic heterocycles. The molecule has 3 N–H and O–H groups in total. The number of pyridine rings is 3. The van der Waals surface area contributed by atoms with Crippen LogP contribution in [0.2, 0.25) is 0 Å². The van der Waals surface area contributed by atoms with Gasteiger partial charge in [-0.1, -0.05) is 0 Å². The number of hydrogen-bond donors (Lipinski definition) is 3. The molecule has 0 atom stereocenters. The van der Waals surface area contributed by atoms with E-state index in [1.54, 1.807) is 55.0 Å². The Kier molecular flexibility index (Phi) is 6.14. The number of nitro groups is 1. The molecule has 0 aliphatic rings. The summed E-state index contributed by atoms with van der Waals surface area (Å²) in [7, 11) is 0. The number of nitrogens with zero attached hydrogens (tertiary/aromatic N) is 4. The highest BCUT2D eigenvalue weighted by Crippen LogP contribution is 2.28. The minimum atomic E-state index is -0.448. The number of nitro benzene ring substituents is 1. The normalized spacial score (nSPS) is 10.6. The van der Waals surface area contributed by atoms with E-state index in [1.807, 2.05) is 24.3 Å². The van der Waals surface area contributed by atoms with E-state index in [0.29, 0.717) is 28.0 Å². The Morgan fingerprint density at radius 1 is 0.750 bits per heavy atom. The fourth-order valence-corrected chi connectivity index (χ4v) is 3.55. The lowest BCUT2D eigenvalue weighted by molar-refractivity contribution is -0.384. The molecular formula is C26H19N7O3. The third-order valence-corrected chi connectivity index (χ3v) is 5.32. The van der Waals surface area contributed by atoms with Crippen molar-refractivity contribution in [1.29, 1.82) is 0 Å². The summed E-state index contributed by atoms with van der Waals surface area (Å²) in [5.74, 6) is -0.346. The quantitative estimate of drug-likeness (QED) is 0.201. The van der Waals surface area contributed by atoms with Crippen LogP contribution in [0.4, 0.5) is 34.1 Å². The lowest BCUT2D eigenvalue weighted by Gasteiger charge is -2.10. The maximum atomic E-state index is 12.6. The Labute approximate surface area is 205 Å². The maximum absolute atomic E-state index is 12.6. The van der Waals surface area contributed by atoms with Crippen LogP contribution in [-0.2, 0) is 0 Å². The molecule has 5 rings (SSSR count). The van der Waals surface area contributed by atoms with Crippen molar-refractivity contribution in [2.24, 2.45) is 0 Å². The number of benzene rings is 2. The second kappa shape index (κ2) is 9.85. The molecule has 2 aromatic carbocycles. The summed E-state index contributed by atoms with van der Waals surface area (Å²) < 4.78 is 0. The average molecular weight is 477 g/mol. The minimum absolute atomic E-state index is 0.0233. The van der Waals surface area contributed by atoms with E-state index >= 15 is 0 Å². The molecule has 0 unspecified atom stereocenters. The van der Waals surface area contributed by atoms with Crippen LogP contribution in [-0.4, -0.2) is 25.8 Å². The highest BCUT2D eigenvalue weighted by molar-refractivity contribution is 6.03. The van der Waals surface area contributed by atoms with Gasteiger partial charge in [0.1, 0.15) is 5.69 Å². The first kappa shape index (κ1) is 22.4. The predicted molar refractivity (Wildman–Crippen MR) is 138 cm³/mol. The Morgan fingerprint density at radius 2 is 1.47 bits per heavy atom. The van der Waals surface area contributed by atoms with E-state index in [1.165, 1.54) is 18.3 Å². The number of fused-ring (bicyclic) bond motifs is 1. The fourth-order valence-electron chi connectivity index (χ4n) is 3.55. The van der Waals surface area contributed by atoms with E-state index in [9.17, 15) is 14.9 Å². The van der Waals surface area contributed by atoms with Gasteiger partial charge in [-0.3, -0.25) is 24.9 Å². The van der Waals surface area contributed by atoms with E-state index < -0.39 is 4.92 Å². The molecule has 0 saturated carbocycles. The fraction of sp³-hybridized carbons (Fsp3) is 0. The minimum Gasteiger partial charge on any atom is -0.355 e. The molecule has 0 saturated heterocycles. The largest absolute Gasteiger partial charge is 0.355 e. The Bertz CT molecular complexity index is 1540. The molecule has 5 aromatic rings. The molecule has 1 amide bonds. The van der Waals surface area contributed by atoms with Gasteiger partial charge in [0.05, 0.1) is 22.3 Å². The summed E-state index contributed by atoms with van der Waals surface area (Å²) in [6.07, 6.45) is 6.55. The van der Waals surface area contributed by atoms with Crippen molar-refractivity contribution in [1.82, 2.24) is 15.0 Å². The van der Waals surface area contributed by atoms with Gasteiger partial charge < -0.3 is 16.0 Å². The van der Waals surface area contributed by atoms with Crippen molar-refractivity contribution < 1.29 is 9.72 Å². The van der Waals surface area contributed by atoms with Crippen LogP contribution in [0.5, 0.6) is 0 Å². The third kappa shape index (κ3) is 5.07. The van der Waals surface area contributed by atoms with Gasteiger partial charge in [-0.05, 0) is 60.7 Å². The van der Waals surface area contributed by atoms with E-state index in [-0.39, 0.29) is 17.3 Å². The molecular weight excluding hydrogens is 458 g/mol.